The van der Waals surface area contributed by atoms with Gasteiger partial charge in [-0.2, -0.15) is 0 Å². The summed E-state index contributed by atoms with van der Waals surface area (Å²) in [6, 6.07) is 5.83. The van der Waals surface area contributed by atoms with Gasteiger partial charge in [0.15, 0.2) is 0 Å². The highest BCUT2D eigenvalue weighted by atomic mass is 35.5. The summed E-state index contributed by atoms with van der Waals surface area (Å²) >= 11 is 5.73. The van der Waals surface area contributed by atoms with Gasteiger partial charge >= 0.3 is 0 Å². The molecule has 0 atom stereocenters. The third-order valence-electron chi connectivity index (χ3n) is 3.71. The third kappa shape index (κ3) is 4.42. The molecule has 0 unspecified atom stereocenters. The third-order valence-corrected chi connectivity index (χ3v) is 5.38. The van der Waals surface area contributed by atoms with Crippen molar-refractivity contribution in [3.8, 4) is 0 Å². The summed E-state index contributed by atoms with van der Waals surface area (Å²) < 4.78 is 26.5. The van der Waals surface area contributed by atoms with Crippen LogP contribution in [-0.2, 0) is 14.8 Å². The van der Waals surface area contributed by atoms with E-state index in [4.69, 9.17) is 11.6 Å². The first-order valence-electron chi connectivity index (χ1n) is 7.18. The van der Waals surface area contributed by atoms with E-state index in [2.05, 4.69) is 16.5 Å². The predicted octanol–water partition coefficient (Wildman–Crippen LogP) is 0.782. The van der Waals surface area contributed by atoms with Crippen molar-refractivity contribution in [2.75, 3.05) is 39.3 Å². The zero-order chi connectivity index (χ0) is 16.2. The van der Waals surface area contributed by atoms with Crippen LogP contribution >= 0.6 is 11.6 Å². The van der Waals surface area contributed by atoms with E-state index in [0.717, 1.165) is 19.6 Å². The van der Waals surface area contributed by atoms with Crippen molar-refractivity contribution < 1.29 is 13.2 Å². The van der Waals surface area contributed by atoms with Crippen molar-refractivity contribution >= 4 is 27.5 Å². The van der Waals surface area contributed by atoms with Gasteiger partial charge in [-0.25, -0.2) is 13.1 Å². The SMILES string of the molecule is CCN1CCN(C(=O)CNS(=O)(=O)c2ccc(Cl)cc2)CC1. The molecule has 22 heavy (non-hydrogen) atoms. The molecular weight excluding hydrogens is 326 g/mol. The van der Waals surface area contributed by atoms with Gasteiger partial charge in [0.25, 0.3) is 0 Å². The fourth-order valence-electron chi connectivity index (χ4n) is 2.28. The van der Waals surface area contributed by atoms with Crippen molar-refractivity contribution in [1.82, 2.24) is 14.5 Å². The number of amides is 1. The minimum atomic E-state index is -3.69. The molecule has 0 spiro atoms. The molecule has 1 amide bonds. The zero-order valence-corrected chi connectivity index (χ0v) is 14.0. The first-order valence-corrected chi connectivity index (χ1v) is 9.04. The maximum absolute atomic E-state index is 12.1. The van der Waals surface area contributed by atoms with Crippen LogP contribution in [0.3, 0.4) is 0 Å². The van der Waals surface area contributed by atoms with Crippen molar-refractivity contribution in [3.63, 3.8) is 0 Å². The Labute approximate surface area is 136 Å². The van der Waals surface area contributed by atoms with E-state index < -0.39 is 10.0 Å². The van der Waals surface area contributed by atoms with Crippen LogP contribution in [0.2, 0.25) is 5.02 Å². The van der Waals surface area contributed by atoms with E-state index in [9.17, 15) is 13.2 Å². The highest BCUT2D eigenvalue weighted by Crippen LogP contribution is 2.13. The van der Waals surface area contributed by atoms with Gasteiger partial charge in [0.1, 0.15) is 0 Å². The van der Waals surface area contributed by atoms with Crippen molar-refractivity contribution in [3.05, 3.63) is 29.3 Å². The molecule has 0 bridgehead atoms. The maximum Gasteiger partial charge on any atom is 0.241 e. The smallest absolute Gasteiger partial charge is 0.241 e. The number of carbonyl (C=O) groups excluding carboxylic acids is 1. The van der Waals surface area contributed by atoms with Crippen LogP contribution in [0.25, 0.3) is 0 Å². The molecular formula is C14H20ClN3O3S. The second kappa shape index (κ2) is 7.41. The molecule has 1 aliphatic rings. The number of carbonyl (C=O) groups is 1. The maximum atomic E-state index is 12.1. The lowest BCUT2D eigenvalue weighted by Gasteiger charge is -2.34. The summed E-state index contributed by atoms with van der Waals surface area (Å²) in [4.78, 5) is 16.1. The Morgan fingerprint density at radius 2 is 1.77 bits per heavy atom. The second-order valence-corrected chi connectivity index (χ2v) is 7.30. The van der Waals surface area contributed by atoms with E-state index in [-0.39, 0.29) is 17.3 Å². The van der Waals surface area contributed by atoms with Crippen LogP contribution in [0.4, 0.5) is 0 Å². The Kier molecular flexibility index (Phi) is 5.80. The number of halogens is 1. The number of rotatable bonds is 5. The van der Waals surface area contributed by atoms with E-state index in [0.29, 0.717) is 18.1 Å². The Balaban J connectivity index is 1.89. The standard InChI is InChI=1S/C14H20ClN3O3S/c1-2-17-7-9-18(10-8-17)14(19)11-16-22(20,21)13-5-3-12(15)4-6-13/h3-6,16H,2,7-11H2,1H3. The molecule has 122 valence electrons. The van der Waals surface area contributed by atoms with Crippen molar-refractivity contribution in [2.45, 2.75) is 11.8 Å². The fraction of sp³-hybridized carbons (Fsp3) is 0.500. The van der Waals surface area contributed by atoms with Gasteiger partial charge in [-0.05, 0) is 30.8 Å². The second-order valence-electron chi connectivity index (χ2n) is 5.09. The highest BCUT2D eigenvalue weighted by molar-refractivity contribution is 7.89. The molecule has 1 saturated heterocycles. The van der Waals surface area contributed by atoms with Crippen LogP contribution in [0, 0.1) is 0 Å². The first kappa shape index (κ1) is 17.2. The van der Waals surface area contributed by atoms with Crippen molar-refractivity contribution in [1.29, 1.82) is 0 Å². The summed E-state index contributed by atoms with van der Waals surface area (Å²) in [5, 5.41) is 0.462. The van der Waals surface area contributed by atoms with Gasteiger partial charge in [0, 0.05) is 31.2 Å². The molecule has 1 heterocycles. The van der Waals surface area contributed by atoms with E-state index in [1.165, 1.54) is 24.3 Å². The van der Waals surface area contributed by atoms with Gasteiger partial charge in [0.05, 0.1) is 11.4 Å². The Morgan fingerprint density at radius 3 is 2.32 bits per heavy atom. The highest BCUT2D eigenvalue weighted by Gasteiger charge is 2.22. The zero-order valence-electron chi connectivity index (χ0n) is 12.5. The molecule has 1 N–H and O–H groups in total. The van der Waals surface area contributed by atoms with Crippen molar-refractivity contribution in [2.24, 2.45) is 0 Å². The number of piperazine rings is 1. The number of nitrogens with zero attached hydrogens (tertiary/aromatic N) is 2. The first-order chi connectivity index (χ1) is 10.4. The molecule has 8 heteroatoms. The van der Waals surface area contributed by atoms with E-state index >= 15 is 0 Å². The lowest BCUT2D eigenvalue weighted by atomic mass is 10.3. The van der Waals surface area contributed by atoms with Crippen LogP contribution in [0.1, 0.15) is 6.92 Å². The molecule has 1 fully saturated rings. The lowest BCUT2D eigenvalue weighted by Crippen LogP contribution is -2.51. The lowest BCUT2D eigenvalue weighted by molar-refractivity contribution is -0.131. The molecule has 2 rings (SSSR count). The minimum Gasteiger partial charge on any atom is -0.339 e. The summed E-state index contributed by atoms with van der Waals surface area (Å²) in [6.45, 7) is 5.74. The molecule has 0 radical (unpaired) electrons. The average molecular weight is 346 g/mol. The predicted molar refractivity (Wildman–Crippen MR) is 85.3 cm³/mol. The Hall–Kier alpha value is -1.15. The normalized spacial score (nSPS) is 16.7. The monoisotopic (exact) mass is 345 g/mol. The molecule has 1 aromatic carbocycles. The summed E-state index contributed by atoms with van der Waals surface area (Å²) in [6.07, 6.45) is 0. The number of nitrogens with one attached hydrogen (secondary N) is 1. The summed E-state index contributed by atoms with van der Waals surface area (Å²) in [7, 11) is -3.69. The van der Waals surface area contributed by atoms with Crippen LogP contribution in [0.5, 0.6) is 0 Å². The molecule has 1 aliphatic heterocycles. The molecule has 6 nitrogen and oxygen atoms in total. The molecule has 1 aromatic rings. The number of likely N-dealkylation sites (N-methyl/N-ethyl adjacent to an activating group) is 1. The number of hydrogen-bond donors (Lipinski definition) is 1. The molecule has 0 aliphatic carbocycles. The van der Waals surface area contributed by atoms with Gasteiger partial charge in [-0.1, -0.05) is 18.5 Å². The van der Waals surface area contributed by atoms with Crippen LogP contribution in [0.15, 0.2) is 29.2 Å². The van der Waals surface area contributed by atoms with Gasteiger partial charge < -0.3 is 9.80 Å². The summed E-state index contributed by atoms with van der Waals surface area (Å²) in [5.41, 5.74) is 0. The number of benzene rings is 1. The van der Waals surface area contributed by atoms with Gasteiger partial charge in [-0.15, -0.1) is 0 Å². The van der Waals surface area contributed by atoms with E-state index in [1.54, 1.807) is 4.90 Å². The summed E-state index contributed by atoms with van der Waals surface area (Å²) in [5.74, 6) is -0.201. The van der Waals surface area contributed by atoms with Crippen LogP contribution < -0.4 is 4.72 Å². The van der Waals surface area contributed by atoms with Gasteiger partial charge in [-0.3, -0.25) is 4.79 Å². The topological polar surface area (TPSA) is 69.7 Å². The molecule has 0 saturated carbocycles. The number of hydrogen-bond acceptors (Lipinski definition) is 4. The molecule has 0 aromatic heterocycles. The Morgan fingerprint density at radius 1 is 1.18 bits per heavy atom. The number of sulfonamides is 1. The largest absolute Gasteiger partial charge is 0.339 e. The van der Waals surface area contributed by atoms with Crippen LogP contribution in [-0.4, -0.2) is 63.4 Å². The quantitative estimate of drug-likeness (QED) is 0.856. The Bertz CT molecular complexity index is 611. The van der Waals surface area contributed by atoms with E-state index in [1.807, 2.05) is 0 Å². The fourth-order valence-corrected chi connectivity index (χ4v) is 3.38. The van der Waals surface area contributed by atoms with Gasteiger partial charge in [0.2, 0.25) is 15.9 Å². The average Bonchev–Trinajstić information content (AvgIpc) is 2.53. The minimum absolute atomic E-state index is 0.0977.